The topological polar surface area (TPSA) is 12.0 Å². The second kappa shape index (κ2) is 4.76. The molecule has 0 amide bonds. The summed E-state index contributed by atoms with van der Waals surface area (Å²) in [6.07, 6.45) is 0. The zero-order valence-corrected chi connectivity index (χ0v) is 9.40. The van der Waals surface area contributed by atoms with Crippen molar-refractivity contribution >= 4 is 11.6 Å². The zero-order valence-electron chi connectivity index (χ0n) is 8.64. The number of rotatable bonds is 3. The summed E-state index contributed by atoms with van der Waals surface area (Å²) in [7, 11) is 0. The van der Waals surface area contributed by atoms with Crippen molar-refractivity contribution in [3.05, 3.63) is 34.6 Å². The first-order chi connectivity index (χ1) is 6.50. The van der Waals surface area contributed by atoms with E-state index in [2.05, 4.69) is 19.2 Å². The molecule has 78 valence electrons. The molecule has 1 aromatic rings. The van der Waals surface area contributed by atoms with Crippen LogP contribution in [-0.2, 0) is 0 Å². The average molecular weight is 216 g/mol. The Morgan fingerprint density at radius 3 is 2.43 bits per heavy atom. The lowest BCUT2D eigenvalue weighted by Crippen LogP contribution is -2.26. The third-order valence-electron chi connectivity index (χ3n) is 2.01. The van der Waals surface area contributed by atoms with Crippen molar-refractivity contribution in [2.24, 2.45) is 0 Å². The molecule has 1 atom stereocenters. The first-order valence-corrected chi connectivity index (χ1v) is 5.09. The molecule has 1 nitrogen and oxygen atoms in total. The predicted octanol–water partition coefficient (Wildman–Crippen LogP) is 3.54. The van der Waals surface area contributed by atoms with Gasteiger partial charge in [0.15, 0.2) is 0 Å². The summed E-state index contributed by atoms with van der Waals surface area (Å²) in [5.74, 6) is -0.296. The van der Waals surface area contributed by atoms with Crippen LogP contribution in [0.4, 0.5) is 4.39 Å². The van der Waals surface area contributed by atoms with Crippen molar-refractivity contribution in [3.8, 4) is 0 Å². The van der Waals surface area contributed by atoms with E-state index >= 15 is 0 Å². The Morgan fingerprint density at radius 1 is 1.29 bits per heavy atom. The van der Waals surface area contributed by atoms with E-state index in [-0.39, 0.29) is 11.9 Å². The predicted molar refractivity (Wildman–Crippen MR) is 58.1 cm³/mol. The largest absolute Gasteiger partial charge is 0.308 e. The molecule has 1 N–H and O–H groups in total. The van der Waals surface area contributed by atoms with Crippen molar-refractivity contribution in [2.75, 3.05) is 0 Å². The number of hydrogen-bond donors (Lipinski definition) is 1. The minimum atomic E-state index is -0.296. The fourth-order valence-electron chi connectivity index (χ4n) is 1.44. The third kappa shape index (κ3) is 2.96. The molecule has 0 aliphatic rings. The molecular formula is C11H15ClFN. The van der Waals surface area contributed by atoms with Gasteiger partial charge in [0.2, 0.25) is 0 Å². The highest BCUT2D eigenvalue weighted by molar-refractivity contribution is 6.31. The normalized spacial score (nSPS) is 13.3. The molecule has 0 aromatic heterocycles. The van der Waals surface area contributed by atoms with Gasteiger partial charge < -0.3 is 5.32 Å². The fraction of sp³-hybridized carbons (Fsp3) is 0.455. The van der Waals surface area contributed by atoms with Crippen molar-refractivity contribution in [1.29, 1.82) is 0 Å². The molecular weight excluding hydrogens is 201 g/mol. The first-order valence-electron chi connectivity index (χ1n) is 4.71. The van der Waals surface area contributed by atoms with Crippen LogP contribution in [0.25, 0.3) is 0 Å². The van der Waals surface area contributed by atoms with Gasteiger partial charge in [-0.3, -0.25) is 0 Å². The third-order valence-corrected chi connectivity index (χ3v) is 2.34. The Labute approximate surface area is 89.3 Å². The summed E-state index contributed by atoms with van der Waals surface area (Å²) in [5, 5.41) is 3.79. The van der Waals surface area contributed by atoms with Gasteiger partial charge in [-0.25, -0.2) is 4.39 Å². The van der Waals surface area contributed by atoms with Crippen LogP contribution >= 0.6 is 11.6 Å². The molecule has 0 radical (unpaired) electrons. The second-order valence-electron chi connectivity index (χ2n) is 3.71. The molecule has 14 heavy (non-hydrogen) atoms. The molecule has 3 heteroatoms. The highest BCUT2D eigenvalue weighted by Gasteiger charge is 2.10. The van der Waals surface area contributed by atoms with Gasteiger partial charge >= 0.3 is 0 Å². The summed E-state index contributed by atoms with van der Waals surface area (Å²) in [6, 6.07) is 5.02. The maximum absolute atomic E-state index is 12.8. The van der Waals surface area contributed by atoms with Crippen LogP contribution < -0.4 is 5.32 Å². The minimum Gasteiger partial charge on any atom is -0.308 e. The van der Waals surface area contributed by atoms with E-state index in [1.807, 2.05) is 6.92 Å². The molecule has 0 saturated heterocycles. The number of halogens is 2. The standard InChI is InChI=1S/C11H15ClFN/c1-7(2)14-8(3)10-5-4-9(13)6-11(10)12/h4-8,14H,1-3H3. The number of hydrogen-bond acceptors (Lipinski definition) is 1. The van der Waals surface area contributed by atoms with Gasteiger partial charge in [0.25, 0.3) is 0 Å². The summed E-state index contributed by atoms with van der Waals surface area (Å²) < 4.78 is 12.8. The SMILES string of the molecule is CC(C)NC(C)c1ccc(F)cc1Cl. The smallest absolute Gasteiger partial charge is 0.124 e. The van der Waals surface area contributed by atoms with Gasteiger partial charge in [0, 0.05) is 17.1 Å². The lowest BCUT2D eigenvalue weighted by molar-refractivity contribution is 0.505. The Hall–Kier alpha value is -0.600. The summed E-state index contributed by atoms with van der Waals surface area (Å²) in [4.78, 5) is 0. The van der Waals surface area contributed by atoms with E-state index in [9.17, 15) is 4.39 Å². The van der Waals surface area contributed by atoms with Crippen molar-refractivity contribution < 1.29 is 4.39 Å². The molecule has 0 heterocycles. The Bertz CT molecular complexity index is 312. The van der Waals surface area contributed by atoms with E-state index in [1.165, 1.54) is 12.1 Å². The van der Waals surface area contributed by atoms with Gasteiger partial charge in [0.1, 0.15) is 5.82 Å². The zero-order chi connectivity index (χ0) is 10.7. The van der Waals surface area contributed by atoms with E-state index in [1.54, 1.807) is 6.07 Å². The van der Waals surface area contributed by atoms with Crippen LogP contribution in [0.15, 0.2) is 18.2 Å². The van der Waals surface area contributed by atoms with Gasteiger partial charge in [-0.2, -0.15) is 0 Å². The van der Waals surface area contributed by atoms with Crippen molar-refractivity contribution in [1.82, 2.24) is 5.32 Å². The highest BCUT2D eigenvalue weighted by atomic mass is 35.5. The highest BCUT2D eigenvalue weighted by Crippen LogP contribution is 2.23. The number of benzene rings is 1. The maximum atomic E-state index is 12.8. The van der Waals surface area contributed by atoms with Crippen LogP contribution in [-0.4, -0.2) is 6.04 Å². The van der Waals surface area contributed by atoms with Crippen molar-refractivity contribution in [2.45, 2.75) is 32.9 Å². The summed E-state index contributed by atoms with van der Waals surface area (Å²) in [5.41, 5.74) is 0.932. The first kappa shape index (κ1) is 11.5. The molecule has 0 bridgehead atoms. The molecule has 1 aromatic carbocycles. The summed E-state index contributed by atoms with van der Waals surface area (Å²) >= 11 is 5.93. The molecule has 0 aliphatic carbocycles. The molecule has 1 rings (SSSR count). The van der Waals surface area contributed by atoms with Crippen molar-refractivity contribution in [3.63, 3.8) is 0 Å². The molecule has 1 unspecified atom stereocenters. The molecule has 0 saturated carbocycles. The Kier molecular flexibility index (Phi) is 3.90. The monoisotopic (exact) mass is 215 g/mol. The quantitative estimate of drug-likeness (QED) is 0.814. The van der Waals surface area contributed by atoms with Gasteiger partial charge in [-0.15, -0.1) is 0 Å². The number of nitrogens with one attached hydrogen (secondary N) is 1. The fourth-order valence-corrected chi connectivity index (χ4v) is 1.77. The lowest BCUT2D eigenvalue weighted by Gasteiger charge is -2.18. The Balaban J connectivity index is 2.84. The average Bonchev–Trinajstić information content (AvgIpc) is 2.01. The van der Waals surface area contributed by atoms with Gasteiger partial charge in [-0.1, -0.05) is 31.5 Å². The second-order valence-corrected chi connectivity index (χ2v) is 4.12. The van der Waals surface area contributed by atoms with E-state index in [0.29, 0.717) is 11.1 Å². The molecule has 0 aliphatic heterocycles. The van der Waals surface area contributed by atoms with E-state index < -0.39 is 0 Å². The van der Waals surface area contributed by atoms with Crippen LogP contribution in [0, 0.1) is 5.82 Å². The van der Waals surface area contributed by atoms with Crippen LogP contribution in [0.2, 0.25) is 5.02 Å². The molecule has 0 spiro atoms. The lowest BCUT2D eigenvalue weighted by atomic mass is 10.1. The van der Waals surface area contributed by atoms with E-state index in [0.717, 1.165) is 5.56 Å². The summed E-state index contributed by atoms with van der Waals surface area (Å²) in [6.45, 7) is 6.14. The van der Waals surface area contributed by atoms with Crippen LogP contribution in [0.1, 0.15) is 32.4 Å². The maximum Gasteiger partial charge on any atom is 0.124 e. The van der Waals surface area contributed by atoms with Crippen LogP contribution in [0.3, 0.4) is 0 Å². The minimum absolute atomic E-state index is 0.142. The van der Waals surface area contributed by atoms with E-state index in [4.69, 9.17) is 11.6 Å². The van der Waals surface area contributed by atoms with Gasteiger partial charge in [-0.05, 0) is 24.6 Å². The molecule has 0 fully saturated rings. The Morgan fingerprint density at radius 2 is 1.93 bits per heavy atom. The van der Waals surface area contributed by atoms with Gasteiger partial charge in [0.05, 0.1) is 0 Å². The van der Waals surface area contributed by atoms with Crippen LogP contribution in [0.5, 0.6) is 0 Å².